The second-order valence-electron chi connectivity index (χ2n) is 4.81. The summed E-state index contributed by atoms with van der Waals surface area (Å²) in [6.45, 7) is 3.84. The average molecular weight is 258 g/mol. The Kier molecular flexibility index (Phi) is 3.97. The number of rotatable bonds is 4. The van der Waals surface area contributed by atoms with Crippen LogP contribution in [0.2, 0.25) is 0 Å². The Hall–Kier alpha value is -2.14. The number of benzene rings is 1. The van der Waals surface area contributed by atoms with Crippen molar-refractivity contribution in [3.63, 3.8) is 0 Å². The maximum absolute atomic E-state index is 11.9. The molecule has 5 nitrogen and oxygen atoms in total. The van der Waals surface area contributed by atoms with Gasteiger partial charge in [0.1, 0.15) is 0 Å². The smallest absolute Gasteiger partial charge is 0.241 e. The van der Waals surface area contributed by atoms with Gasteiger partial charge in [-0.3, -0.25) is 9.89 Å². The zero-order valence-electron chi connectivity index (χ0n) is 11.1. The molecule has 100 valence electrons. The zero-order valence-corrected chi connectivity index (χ0v) is 11.1. The Bertz CT molecular complexity index is 548. The molecule has 1 aromatic carbocycles. The molecule has 0 unspecified atom stereocenters. The number of H-pyrrole nitrogens is 1. The molecule has 0 bridgehead atoms. The van der Waals surface area contributed by atoms with Gasteiger partial charge in [0.15, 0.2) is 0 Å². The third kappa shape index (κ3) is 3.20. The molecule has 0 aliphatic heterocycles. The van der Waals surface area contributed by atoms with Gasteiger partial charge < -0.3 is 11.1 Å². The number of carbonyl (C=O) groups is 1. The van der Waals surface area contributed by atoms with Crippen molar-refractivity contribution in [2.45, 2.75) is 19.9 Å². The SMILES string of the molecule is CC(C)[C@@H](N)C(=O)Nc1cccc(-c2ccn[nH]2)c1. The lowest BCUT2D eigenvalue weighted by molar-refractivity contribution is -0.118. The van der Waals surface area contributed by atoms with Gasteiger partial charge in [-0.25, -0.2) is 0 Å². The van der Waals surface area contributed by atoms with E-state index in [1.165, 1.54) is 0 Å². The van der Waals surface area contributed by atoms with Gasteiger partial charge in [-0.2, -0.15) is 5.10 Å². The van der Waals surface area contributed by atoms with Crippen molar-refractivity contribution in [1.82, 2.24) is 10.2 Å². The number of aromatic nitrogens is 2. The summed E-state index contributed by atoms with van der Waals surface area (Å²) in [5.74, 6) is -0.0625. The Labute approximate surface area is 112 Å². The fourth-order valence-electron chi connectivity index (χ4n) is 1.71. The molecule has 2 rings (SSSR count). The molecule has 1 amide bonds. The van der Waals surface area contributed by atoms with Crippen LogP contribution in [0.5, 0.6) is 0 Å². The lowest BCUT2D eigenvalue weighted by Gasteiger charge is -2.15. The number of hydrogen-bond acceptors (Lipinski definition) is 3. The number of aromatic amines is 1. The van der Waals surface area contributed by atoms with Crippen LogP contribution in [-0.4, -0.2) is 22.1 Å². The van der Waals surface area contributed by atoms with E-state index >= 15 is 0 Å². The number of nitrogens with two attached hydrogens (primary N) is 1. The average Bonchev–Trinajstić information content (AvgIpc) is 2.91. The Morgan fingerprint density at radius 2 is 2.16 bits per heavy atom. The highest BCUT2D eigenvalue weighted by atomic mass is 16.2. The normalized spacial score (nSPS) is 12.4. The van der Waals surface area contributed by atoms with E-state index in [9.17, 15) is 4.79 Å². The molecule has 2 aromatic rings. The van der Waals surface area contributed by atoms with Crippen LogP contribution in [0.1, 0.15) is 13.8 Å². The second kappa shape index (κ2) is 5.67. The summed E-state index contributed by atoms with van der Waals surface area (Å²) in [6, 6.07) is 8.93. The highest BCUT2D eigenvalue weighted by Crippen LogP contribution is 2.20. The van der Waals surface area contributed by atoms with Gasteiger partial charge in [0.2, 0.25) is 5.91 Å². The predicted octanol–water partition coefficient (Wildman–Crippen LogP) is 2.00. The van der Waals surface area contributed by atoms with Crippen LogP contribution in [0.25, 0.3) is 11.3 Å². The van der Waals surface area contributed by atoms with Crippen molar-refractivity contribution in [3.8, 4) is 11.3 Å². The molecule has 0 radical (unpaired) electrons. The molecule has 0 aliphatic carbocycles. The first-order chi connectivity index (χ1) is 9.08. The number of hydrogen-bond donors (Lipinski definition) is 3. The van der Waals surface area contributed by atoms with Gasteiger partial charge in [-0.15, -0.1) is 0 Å². The minimum Gasteiger partial charge on any atom is -0.325 e. The molecule has 4 N–H and O–H groups in total. The summed E-state index contributed by atoms with van der Waals surface area (Å²) in [4.78, 5) is 11.9. The standard InChI is InChI=1S/C14H18N4O/c1-9(2)13(15)14(19)17-11-5-3-4-10(8-11)12-6-7-16-18-12/h3-9,13H,15H2,1-2H3,(H,16,18)(H,17,19)/t13-/m1/s1. The van der Waals surface area contributed by atoms with Crippen molar-refractivity contribution in [3.05, 3.63) is 36.5 Å². The van der Waals surface area contributed by atoms with Gasteiger partial charge in [-0.05, 0) is 24.1 Å². The monoisotopic (exact) mass is 258 g/mol. The third-order valence-corrected chi connectivity index (χ3v) is 2.96. The van der Waals surface area contributed by atoms with Crippen molar-refractivity contribution in [1.29, 1.82) is 0 Å². The topological polar surface area (TPSA) is 83.8 Å². The van der Waals surface area contributed by atoms with E-state index in [1.54, 1.807) is 6.20 Å². The first-order valence-corrected chi connectivity index (χ1v) is 6.24. The van der Waals surface area contributed by atoms with Gasteiger partial charge >= 0.3 is 0 Å². The number of nitrogens with zero attached hydrogens (tertiary/aromatic N) is 1. The predicted molar refractivity (Wildman–Crippen MR) is 75.5 cm³/mol. The Balaban J connectivity index is 2.14. The fourth-order valence-corrected chi connectivity index (χ4v) is 1.71. The van der Waals surface area contributed by atoms with E-state index in [-0.39, 0.29) is 11.8 Å². The molecular formula is C14H18N4O. The van der Waals surface area contributed by atoms with E-state index in [0.29, 0.717) is 0 Å². The first-order valence-electron chi connectivity index (χ1n) is 6.24. The Morgan fingerprint density at radius 1 is 1.37 bits per heavy atom. The van der Waals surface area contributed by atoms with E-state index in [4.69, 9.17) is 5.73 Å². The van der Waals surface area contributed by atoms with Gasteiger partial charge in [0, 0.05) is 17.4 Å². The van der Waals surface area contributed by atoms with Crippen LogP contribution >= 0.6 is 0 Å². The van der Waals surface area contributed by atoms with E-state index in [1.807, 2.05) is 44.2 Å². The number of amides is 1. The van der Waals surface area contributed by atoms with Crippen molar-refractivity contribution >= 4 is 11.6 Å². The van der Waals surface area contributed by atoms with Gasteiger partial charge in [0.05, 0.1) is 11.7 Å². The van der Waals surface area contributed by atoms with Gasteiger partial charge in [0.25, 0.3) is 0 Å². The zero-order chi connectivity index (χ0) is 13.8. The number of carbonyl (C=O) groups excluding carboxylic acids is 1. The molecule has 0 saturated carbocycles. The summed E-state index contributed by atoms with van der Waals surface area (Å²) in [7, 11) is 0. The van der Waals surface area contributed by atoms with Crippen molar-refractivity contribution < 1.29 is 4.79 Å². The first kappa shape index (κ1) is 13.3. The maximum atomic E-state index is 11.9. The minimum atomic E-state index is -0.504. The highest BCUT2D eigenvalue weighted by Gasteiger charge is 2.17. The molecular weight excluding hydrogens is 240 g/mol. The number of nitrogens with one attached hydrogen (secondary N) is 2. The maximum Gasteiger partial charge on any atom is 0.241 e. The molecule has 1 heterocycles. The van der Waals surface area contributed by atoms with Crippen LogP contribution in [0, 0.1) is 5.92 Å². The van der Waals surface area contributed by atoms with E-state index in [2.05, 4.69) is 15.5 Å². The molecule has 0 aliphatic rings. The quantitative estimate of drug-likeness (QED) is 0.784. The molecule has 1 atom stereocenters. The number of anilines is 1. The summed E-state index contributed by atoms with van der Waals surface area (Å²) in [5, 5.41) is 9.62. The van der Waals surface area contributed by atoms with Crippen LogP contribution in [0.3, 0.4) is 0 Å². The molecule has 0 spiro atoms. The van der Waals surface area contributed by atoms with Crippen LogP contribution in [0.15, 0.2) is 36.5 Å². The fraction of sp³-hybridized carbons (Fsp3) is 0.286. The third-order valence-electron chi connectivity index (χ3n) is 2.96. The summed E-state index contributed by atoms with van der Waals surface area (Å²) < 4.78 is 0. The lowest BCUT2D eigenvalue weighted by Crippen LogP contribution is -2.39. The molecule has 0 fully saturated rings. The molecule has 0 saturated heterocycles. The largest absolute Gasteiger partial charge is 0.325 e. The van der Waals surface area contributed by atoms with E-state index in [0.717, 1.165) is 16.9 Å². The lowest BCUT2D eigenvalue weighted by atomic mass is 10.0. The Morgan fingerprint density at radius 3 is 2.79 bits per heavy atom. The second-order valence-corrected chi connectivity index (χ2v) is 4.81. The summed E-state index contributed by atoms with van der Waals surface area (Å²) in [5.41, 5.74) is 8.41. The van der Waals surface area contributed by atoms with Gasteiger partial charge in [-0.1, -0.05) is 26.0 Å². The molecule has 5 heteroatoms. The summed E-state index contributed by atoms with van der Waals surface area (Å²) >= 11 is 0. The van der Waals surface area contributed by atoms with Crippen molar-refractivity contribution in [2.24, 2.45) is 11.7 Å². The molecule has 19 heavy (non-hydrogen) atoms. The van der Waals surface area contributed by atoms with Crippen LogP contribution in [0.4, 0.5) is 5.69 Å². The highest BCUT2D eigenvalue weighted by molar-refractivity contribution is 5.95. The van der Waals surface area contributed by atoms with Crippen LogP contribution < -0.4 is 11.1 Å². The summed E-state index contributed by atoms with van der Waals surface area (Å²) in [6.07, 6.45) is 1.69. The van der Waals surface area contributed by atoms with Crippen molar-refractivity contribution in [2.75, 3.05) is 5.32 Å². The molecule has 1 aromatic heterocycles. The van der Waals surface area contributed by atoms with Crippen LogP contribution in [-0.2, 0) is 4.79 Å². The van der Waals surface area contributed by atoms with E-state index < -0.39 is 6.04 Å². The minimum absolute atomic E-state index is 0.107.